The molecule has 5 nitrogen and oxygen atoms in total. The Morgan fingerprint density at radius 3 is 2.77 bits per heavy atom. The van der Waals surface area contributed by atoms with E-state index in [0.717, 1.165) is 12.8 Å². The maximum atomic E-state index is 10.3. The number of hydrogen-bond acceptors (Lipinski definition) is 3. The molecule has 1 unspecified atom stereocenters. The summed E-state index contributed by atoms with van der Waals surface area (Å²) in [5.41, 5.74) is 5.75. The van der Waals surface area contributed by atoms with Crippen LogP contribution in [0.1, 0.15) is 19.3 Å². The van der Waals surface area contributed by atoms with Gasteiger partial charge in [-0.05, 0) is 25.2 Å². The highest BCUT2D eigenvalue weighted by Gasteiger charge is 2.28. The molecule has 13 heavy (non-hydrogen) atoms. The summed E-state index contributed by atoms with van der Waals surface area (Å²) < 4.78 is 0. The lowest BCUT2D eigenvalue weighted by Gasteiger charge is -2.32. The third-order valence-electron chi connectivity index (χ3n) is 2.60. The maximum absolute atomic E-state index is 10.3. The van der Waals surface area contributed by atoms with Crippen molar-refractivity contribution >= 4 is 6.09 Å². The average molecular weight is 188 g/mol. The van der Waals surface area contributed by atoms with Crippen molar-refractivity contribution in [1.82, 2.24) is 5.32 Å². The van der Waals surface area contributed by atoms with Crippen molar-refractivity contribution < 1.29 is 15.0 Å². The lowest BCUT2D eigenvalue weighted by molar-refractivity contribution is 0.143. The van der Waals surface area contributed by atoms with Crippen LogP contribution in [0.5, 0.6) is 0 Å². The molecule has 1 fully saturated rings. The molecule has 1 saturated carbocycles. The van der Waals surface area contributed by atoms with E-state index in [0.29, 0.717) is 6.42 Å². The molecule has 0 bridgehead atoms. The van der Waals surface area contributed by atoms with Gasteiger partial charge in [0.25, 0.3) is 0 Å². The van der Waals surface area contributed by atoms with E-state index in [9.17, 15) is 4.79 Å². The second kappa shape index (κ2) is 4.43. The summed E-state index contributed by atoms with van der Waals surface area (Å²) in [6, 6.07) is -0.0358. The third-order valence-corrected chi connectivity index (χ3v) is 2.60. The highest BCUT2D eigenvalue weighted by molar-refractivity contribution is 5.64. The van der Waals surface area contributed by atoms with E-state index in [1.165, 1.54) is 0 Å². The van der Waals surface area contributed by atoms with E-state index in [2.05, 4.69) is 5.32 Å². The first kappa shape index (κ1) is 10.3. The fourth-order valence-electron chi connectivity index (χ4n) is 1.80. The van der Waals surface area contributed by atoms with Gasteiger partial charge in [-0.15, -0.1) is 0 Å². The topological polar surface area (TPSA) is 95.6 Å². The Bertz CT molecular complexity index is 186. The minimum absolute atomic E-state index is 0.0110. The molecule has 0 aromatic heterocycles. The second-order valence-electron chi connectivity index (χ2n) is 3.57. The lowest BCUT2D eigenvalue weighted by atomic mass is 9.82. The Morgan fingerprint density at radius 1 is 1.54 bits per heavy atom. The Hall–Kier alpha value is -0.810. The largest absolute Gasteiger partial charge is 0.465 e. The Kier molecular flexibility index (Phi) is 3.50. The van der Waals surface area contributed by atoms with Crippen LogP contribution in [0, 0.1) is 5.92 Å². The van der Waals surface area contributed by atoms with Gasteiger partial charge in [0, 0.05) is 18.7 Å². The van der Waals surface area contributed by atoms with Gasteiger partial charge in [-0.2, -0.15) is 0 Å². The molecule has 5 N–H and O–H groups in total. The van der Waals surface area contributed by atoms with Gasteiger partial charge in [-0.25, -0.2) is 4.79 Å². The molecule has 0 radical (unpaired) electrons. The predicted molar refractivity (Wildman–Crippen MR) is 47.4 cm³/mol. The van der Waals surface area contributed by atoms with Gasteiger partial charge in [0.1, 0.15) is 0 Å². The number of aliphatic hydroxyl groups excluding tert-OH is 1. The highest BCUT2D eigenvalue weighted by atomic mass is 16.4. The number of hydrogen-bond donors (Lipinski definition) is 4. The molecule has 0 aromatic carbocycles. The van der Waals surface area contributed by atoms with E-state index < -0.39 is 6.09 Å². The van der Waals surface area contributed by atoms with Crippen molar-refractivity contribution in [3.05, 3.63) is 0 Å². The molecule has 1 aliphatic carbocycles. The van der Waals surface area contributed by atoms with Crippen molar-refractivity contribution in [1.29, 1.82) is 0 Å². The van der Waals surface area contributed by atoms with Crippen molar-refractivity contribution in [3.63, 3.8) is 0 Å². The molecule has 76 valence electrons. The molecule has 1 rings (SSSR count). The van der Waals surface area contributed by atoms with Crippen LogP contribution in [0.25, 0.3) is 0 Å². The first-order valence-corrected chi connectivity index (χ1v) is 4.49. The Balaban J connectivity index is 2.40. The SMILES string of the molecule is N[C@H]1CCC(NC(=O)O)C[C@H]1CO. The van der Waals surface area contributed by atoms with Gasteiger partial charge in [0.15, 0.2) is 0 Å². The van der Waals surface area contributed by atoms with Gasteiger partial charge < -0.3 is 21.3 Å². The minimum atomic E-state index is -1.00. The fraction of sp³-hybridized carbons (Fsp3) is 0.875. The second-order valence-corrected chi connectivity index (χ2v) is 3.57. The van der Waals surface area contributed by atoms with Crippen LogP contribution in [0.2, 0.25) is 0 Å². The molecule has 0 aliphatic heterocycles. The molecule has 3 atom stereocenters. The zero-order chi connectivity index (χ0) is 9.84. The monoisotopic (exact) mass is 188 g/mol. The van der Waals surface area contributed by atoms with Crippen LogP contribution in [-0.4, -0.2) is 35.0 Å². The predicted octanol–water partition coefficient (Wildman–Crippen LogP) is -0.258. The standard InChI is InChI=1S/C8H16N2O3/c9-7-2-1-6(10-8(12)13)3-5(7)4-11/h5-7,10-11H,1-4,9H2,(H,12,13)/t5-,6?,7-/m0/s1. The summed E-state index contributed by atoms with van der Waals surface area (Å²) >= 11 is 0. The number of carbonyl (C=O) groups is 1. The van der Waals surface area contributed by atoms with Crippen LogP contribution in [0.4, 0.5) is 4.79 Å². The van der Waals surface area contributed by atoms with E-state index in [1.807, 2.05) is 0 Å². The first-order valence-electron chi connectivity index (χ1n) is 4.49. The molecule has 0 aromatic rings. The fourth-order valence-corrected chi connectivity index (χ4v) is 1.80. The molecule has 0 spiro atoms. The number of aliphatic hydroxyl groups is 1. The van der Waals surface area contributed by atoms with Crippen molar-refractivity contribution in [2.75, 3.05) is 6.61 Å². The quantitative estimate of drug-likeness (QED) is 0.480. The normalized spacial score (nSPS) is 34.2. The Labute approximate surface area is 76.9 Å². The van der Waals surface area contributed by atoms with E-state index in [4.69, 9.17) is 15.9 Å². The number of nitrogens with two attached hydrogens (primary N) is 1. The summed E-state index contributed by atoms with van der Waals surface area (Å²) in [7, 11) is 0. The number of rotatable bonds is 2. The Morgan fingerprint density at radius 2 is 2.23 bits per heavy atom. The van der Waals surface area contributed by atoms with E-state index in [1.54, 1.807) is 0 Å². The summed E-state index contributed by atoms with van der Waals surface area (Å²) in [6.45, 7) is 0.0406. The zero-order valence-electron chi connectivity index (χ0n) is 7.44. The molecule has 0 saturated heterocycles. The maximum Gasteiger partial charge on any atom is 0.404 e. The first-order chi connectivity index (χ1) is 6.13. The van der Waals surface area contributed by atoms with Gasteiger partial charge in [0.2, 0.25) is 0 Å². The van der Waals surface area contributed by atoms with Crippen LogP contribution >= 0.6 is 0 Å². The molecule has 1 aliphatic rings. The summed E-state index contributed by atoms with van der Waals surface area (Å²) in [6.07, 6.45) is 1.18. The van der Waals surface area contributed by atoms with E-state index >= 15 is 0 Å². The van der Waals surface area contributed by atoms with Crippen molar-refractivity contribution in [3.8, 4) is 0 Å². The average Bonchev–Trinajstić information content (AvgIpc) is 2.07. The van der Waals surface area contributed by atoms with Gasteiger partial charge >= 0.3 is 6.09 Å². The minimum Gasteiger partial charge on any atom is -0.465 e. The van der Waals surface area contributed by atoms with Crippen LogP contribution in [0.15, 0.2) is 0 Å². The summed E-state index contributed by atoms with van der Waals surface area (Å²) in [5, 5.41) is 19.9. The summed E-state index contributed by atoms with van der Waals surface area (Å²) in [4.78, 5) is 10.3. The molecule has 0 heterocycles. The number of amides is 1. The van der Waals surface area contributed by atoms with Crippen LogP contribution in [-0.2, 0) is 0 Å². The lowest BCUT2D eigenvalue weighted by Crippen LogP contribution is -2.46. The number of carboxylic acid groups (broad SMARTS) is 1. The van der Waals surface area contributed by atoms with Crippen molar-refractivity contribution in [2.45, 2.75) is 31.3 Å². The molecular formula is C8H16N2O3. The van der Waals surface area contributed by atoms with Gasteiger partial charge in [-0.1, -0.05) is 0 Å². The van der Waals surface area contributed by atoms with E-state index in [-0.39, 0.29) is 24.6 Å². The smallest absolute Gasteiger partial charge is 0.404 e. The highest BCUT2D eigenvalue weighted by Crippen LogP contribution is 2.22. The van der Waals surface area contributed by atoms with Crippen molar-refractivity contribution in [2.24, 2.45) is 11.7 Å². The molecule has 1 amide bonds. The van der Waals surface area contributed by atoms with Gasteiger partial charge in [0.05, 0.1) is 0 Å². The van der Waals surface area contributed by atoms with Gasteiger partial charge in [-0.3, -0.25) is 0 Å². The van der Waals surface area contributed by atoms with Crippen LogP contribution < -0.4 is 11.1 Å². The molecular weight excluding hydrogens is 172 g/mol. The summed E-state index contributed by atoms with van der Waals surface area (Å²) in [5.74, 6) is 0.0330. The third kappa shape index (κ3) is 2.86. The number of nitrogens with one attached hydrogen (secondary N) is 1. The zero-order valence-corrected chi connectivity index (χ0v) is 7.44. The van der Waals surface area contributed by atoms with Crippen LogP contribution in [0.3, 0.4) is 0 Å². The molecule has 5 heteroatoms.